The monoisotopic (exact) mass is 487 g/mol. The largest absolute Gasteiger partial charge is 0.309 e. The summed E-state index contributed by atoms with van der Waals surface area (Å²) in [6.45, 7) is 9.21. The Hall–Kier alpha value is -3.48. The van der Waals surface area contributed by atoms with Crippen molar-refractivity contribution in [3.63, 3.8) is 0 Å². The summed E-state index contributed by atoms with van der Waals surface area (Å²) in [6.07, 6.45) is 0. The van der Waals surface area contributed by atoms with Crippen molar-refractivity contribution in [2.75, 3.05) is 0 Å². The molecule has 0 spiro atoms. The van der Waals surface area contributed by atoms with Gasteiger partial charge < -0.3 is 4.57 Å². The molecule has 0 atom stereocenters. The minimum absolute atomic E-state index is 0.235. The minimum atomic E-state index is -3.16. The molecule has 0 bridgehead atoms. The Bertz CT molecular complexity index is 1610. The lowest BCUT2D eigenvalue weighted by Crippen LogP contribution is -2.47. The van der Waals surface area contributed by atoms with Gasteiger partial charge in [0.05, 0.1) is 11.2 Å². The molecule has 4 aromatic carbocycles. The summed E-state index contributed by atoms with van der Waals surface area (Å²) >= 11 is 0. The summed E-state index contributed by atoms with van der Waals surface area (Å²) in [5.41, 5.74) is 4.92. The maximum Gasteiger partial charge on any atom is 0.171 e. The van der Waals surface area contributed by atoms with E-state index < -0.39 is 7.14 Å². The molecule has 1 aliphatic rings. The van der Waals surface area contributed by atoms with Crippen LogP contribution in [0.5, 0.6) is 0 Å². The molecule has 0 amide bonds. The number of hydrogen-bond acceptors (Lipinski definition) is 2. The van der Waals surface area contributed by atoms with E-state index in [4.69, 9.17) is 4.98 Å². The van der Waals surface area contributed by atoms with Crippen molar-refractivity contribution in [2.45, 2.75) is 38.5 Å². The van der Waals surface area contributed by atoms with Crippen molar-refractivity contribution in [3.05, 3.63) is 120 Å². The second-order valence-corrected chi connectivity index (χ2v) is 13.5. The molecule has 0 fully saturated rings. The van der Waals surface area contributed by atoms with Crippen molar-refractivity contribution in [1.82, 2.24) is 4.98 Å². The quantitative estimate of drug-likeness (QED) is 0.254. The molecule has 0 saturated heterocycles. The standard InChI is InChI=1S/C33H30NOP/c1-32(2)27-22-23-14-11-12-20-28(23)34-31(27)26-19-13-21-29(30(26)33(32,3)4)36(35,24-15-7-5-8-16-24)25-17-9-6-10-18-25/h5-22H,1-4H3. The van der Waals surface area contributed by atoms with E-state index in [1.807, 2.05) is 66.7 Å². The molecule has 2 nitrogen and oxygen atoms in total. The number of benzene rings is 4. The summed E-state index contributed by atoms with van der Waals surface area (Å²) in [6, 6.07) is 36.9. The lowest BCUT2D eigenvalue weighted by molar-refractivity contribution is 0.300. The van der Waals surface area contributed by atoms with Crippen LogP contribution < -0.4 is 15.9 Å². The van der Waals surface area contributed by atoms with Crippen LogP contribution in [0.15, 0.2) is 109 Å². The maximum absolute atomic E-state index is 15.5. The highest BCUT2D eigenvalue weighted by Gasteiger charge is 2.50. The Labute approximate surface area is 213 Å². The van der Waals surface area contributed by atoms with Gasteiger partial charge in [0.15, 0.2) is 7.14 Å². The second-order valence-electron chi connectivity index (χ2n) is 10.8. The molecule has 0 unspecified atom stereocenters. The molecular formula is C33H30NOP. The van der Waals surface area contributed by atoms with E-state index in [1.165, 1.54) is 5.56 Å². The highest BCUT2D eigenvalue weighted by atomic mass is 31.2. The third-order valence-corrected chi connectivity index (χ3v) is 11.6. The molecule has 0 radical (unpaired) electrons. The fourth-order valence-corrected chi connectivity index (χ4v) is 8.86. The topological polar surface area (TPSA) is 30.0 Å². The molecule has 1 aromatic heterocycles. The zero-order valence-corrected chi connectivity index (χ0v) is 22.1. The first kappa shape index (κ1) is 23.0. The zero-order chi connectivity index (χ0) is 25.1. The Kier molecular flexibility index (Phi) is 5.11. The summed E-state index contributed by atoms with van der Waals surface area (Å²) in [5.74, 6) is 0. The summed E-state index contributed by atoms with van der Waals surface area (Å²) in [7, 11) is -3.16. The van der Waals surface area contributed by atoms with E-state index in [-0.39, 0.29) is 10.8 Å². The Morgan fingerprint density at radius 2 is 1.22 bits per heavy atom. The van der Waals surface area contributed by atoms with Crippen LogP contribution in [-0.4, -0.2) is 4.98 Å². The second kappa shape index (κ2) is 8.02. The lowest BCUT2D eigenvalue weighted by atomic mass is 9.56. The smallest absolute Gasteiger partial charge is 0.171 e. The summed E-state index contributed by atoms with van der Waals surface area (Å²) in [5, 5.41) is 3.78. The van der Waals surface area contributed by atoms with Crippen molar-refractivity contribution >= 4 is 34.0 Å². The van der Waals surface area contributed by atoms with Crippen LogP contribution in [0.4, 0.5) is 0 Å². The Morgan fingerprint density at radius 3 is 1.86 bits per heavy atom. The third kappa shape index (κ3) is 3.11. The van der Waals surface area contributed by atoms with Gasteiger partial charge in [0.25, 0.3) is 0 Å². The first-order valence-electron chi connectivity index (χ1n) is 12.5. The van der Waals surface area contributed by atoms with Gasteiger partial charge in [0, 0.05) is 37.7 Å². The zero-order valence-electron chi connectivity index (χ0n) is 21.2. The normalized spacial score (nSPS) is 15.8. The predicted octanol–water partition coefficient (Wildman–Crippen LogP) is 7.11. The minimum Gasteiger partial charge on any atom is -0.309 e. The van der Waals surface area contributed by atoms with E-state index in [1.54, 1.807) is 0 Å². The summed E-state index contributed by atoms with van der Waals surface area (Å²) < 4.78 is 15.5. The first-order valence-corrected chi connectivity index (χ1v) is 14.2. The number of rotatable bonds is 3. The van der Waals surface area contributed by atoms with Gasteiger partial charge in [0.1, 0.15) is 0 Å². The van der Waals surface area contributed by atoms with Crippen molar-refractivity contribution < 1.29 is 4.57 Å². The highest BCUT2D eigenvalue weighted by Crippen LogP contribution is 2.56. The molecule has 0 saturated carbocycles. The average Bonchev–Trinajstić information content (AvgIpc) is 2.91. The van der Waals surface area contributed by atoms with Crippen molar-refractivity contribution in [2.24, 2.45) is 0 Å². The third-order valence-electron chi connectivity index (χ3n) is 8.46. The molecule has 1 aliphatic carbocycles. The number of para-hydroxylation sites is 1. The van der Waals surface area contributed by atoms with Gasteiger partial charge in [-0.15, -0.1) is 0 Å². The van der Waals surface area contributed by atoms with Gasteiger partial charge in [-0.05, 0) is 23.3 Å². The van der Waals surface area contributed by atoms with Gasteiger partial charge in [-0.2, -0.15) is 0 Å². The van der Waals surface area contributed by atoms with E-state index >= 15 is 4.57 Å². The van der Waals surface area contributed by atoms with Crippen LogP contribution in [0.25, 0.3) is 22.2 Å². The fraction of sp³-hybridized carbons (Fsp3) is 0.182. The first-order chi connectivity index (χ1) is 17.3. The van der Waals surface area contributed by atoms with Crippen LogP contribution in [0.3, 0.4) is 0 Å². The van der Waals surface area contributed by atoms with Crippen LogP contribution in [0.2, 0.25) is 0 Å². The average molecular weight is 488 g/mol. The molecule has 0 aliphatic heterocycles. The fourth-order valence-electron chi connectivity index (χ4n) is 5.81. The van der Waals surface area contributed by atoms with Gasteiger partial charge in [-0.3, -0.25) is 0 Å². The molecule has 178 valence electrons. The summed E-state index contributed by atoms with van der Waals surface area (Å²) in [4.78, 5) is 5.20. The van der Waals surface area contributed by atoms with Gasteiger partial charge in [-0.25, -0.2) is 4.98 Å². The van der Waals surface area contributed by atoms with Gasteiger partial charge in [-0.1, -0.05) is 125 Å². The van der Waals surface area contributed by atoms with Crippen LogP contribution in [0, 0.1) is 0 Å². The maximum atomic E-state index is 15.5. The molecule has 6 rings (SSSR count). The van der Waals surface area contributed by atoms with Crippen LogP contribution >= 0.6 is 7.14 Å². The molecule has 0 N–H and O–H groups in total. The highest BCUT2D eigenvalue weighted by molar-refractivity contribution is 7.85. The number of aromatic nitrogens is 1. The molecular weight excluding hydrogens is 457 g/mol. The number of nitrogens with zero attached hydrogens (tertiary/aromatic N) is 1. The van der Waals surface area contributed by atoms with Crippen molar-refractivity contribution in [3.8, 4) is 11.3 Å². The SMILES string of the molecule is CC1(C)c2cc3ccccc3nc2-c2cccc(P(=O)(c3ccccc3)c3ccccc3)c2C1(C)C. The number of fused-ring (bicyclic) bond motifs is 4. The lowest BCUT2D eigenvalue weighted by Gasteiger charge is -2.49. The van der Waals surface area contributed by atoms with E-state index in [9.17, 15) is 0 Å². The Balaban J connectivity index is 1.75. The number of hydrogen-bond donors (Lipinski definition) is 0. The molecule has 3 heteroatoms. The van der Waals surface area contributed by atoms with E-state index in [0.29, 0.717) is 0 Å². The van der Waals surface area contributed by atoms with Gasteiger partial charge >= 0.3 is 0 Å². The number of pyridine rings is 1. The van der Waals surface area contributed by atoms with E-state index in [0.717, 1.165) is 43.6 Å². The molecule has 5 aromatic rings. The Morgan fingerprint density at radius 1 is 0.639 bits per heavy atom. The molecule has 36 heavy (non-hydrogen) atoms. The molecule has 1 heterocycles. The predicted molar refractivity (Wildman–Crippen MR) is 153 cm³/mol. The van der Waals surface area contributed by atoms with Crippen molar-refractivity contribution in [1.29, 1.82) is 0 Å². The van der Waals surface area contributed by atoms with Crippen LogP contribution in [0.1, 0.15) is 38.8 Å². The van der Waals surface area contributed by atoms with Gasteiger partial charge in [0.2, 0.25) is 0 Å². The van der Waals surface area contributed by atoms with E-state index in [2.05, 4.69) is 70.2 Å². The van der Waals surface area contributed by atoms with Crippen LogP contribution in [-0.2, 0) is 15.4 Å².